The number of para-hydroxylation sites is 1. The number of hydrogen-bond donors (Lipinski definition) is 2. The lowest BCUT2D eigenvalue weighted by molar-refractivity contribution is -0.141. The number of carbonyl (C=O) groups excluding carboxylic acids is 1. The largest absolute Gasteiger partial charge is 0.496 e. The molecule has 1 amide bonds. The molecular formula is C19H27NO4. The van der Waals surface area contributed by atoms with Crippen molar-refractivity contribution in [1.82, 2.24) is 5.32 Å². The summed E-state index contributed by atoms with van der Waals surface area (Å²) in [5.41, 5.74) is 0.840. The van der Waals surface area contributed by atoms with Crippen molar-refractivity contribution in [3.05, 3.63) is 29.8 Å². The van der Waals surface area contributed by atoms with Gasteiger partial charge in [-0.3, -0.25) is 9.59 Å². The van der Waals surface area contributed by atoms with E-state index in [1.165, 1.54) is 25.7 Å². The molecule has 5 heteroatoms. The van der Waals surface area contributed by atoms with E-state index in [1.807, 2.05) is 24.3 Å². The molecule has 0 radical (unpaired) electrons. The maximum Gasteiger partial charge on any atom is 0.308 e. The van der Waals surface area contributed by atoms with Gasteiger partial charge in [0.25, 0.3) is 0 Å². The van der Waals surface area contributed by atoms with Crippen molar-refractivity contribution in [1.29, 1.82) is 0 Å². The zero-order valence-corrected chi connectivity index (χ0v) is 14.3. The van der Waals surface area contributed by atoms with Gasteiger partial charge in [-0.05, 0) is 30.4 Å². The van der Waals surface area contributed by atoms with Gasteiger partial charge in [0.2, 0.25) is 5.91 Å². The number of carboxylic acids is 1. The second-order valence-corrected chi connectivity index (χ2v) is 6.54. The highest BCUT2D eigenvalue weighted by atomic mass is 16.5. The molecule has 1 aromatic rings. The summed E-state index contributed by atoms with van der Waals surface area (Å²) in [6.07, 6.45) is 6.72. The summed E-state index contributed by atoms with van der Waals surface area (Å²) in [4.78, 5) is 23.5. The average Bonchev–Trinajstić information content (AvgIpc) is 3.10. The Labute approximate surface area is 143 Å². The fourth-order valence-electron chi connectivity index (χ4n) is 3.34. The Hall–Kier alpha value is -2.04. The summed E-state index contributed by atoms with van der Waals surface area (Å²) in [5, 5.41) is 12.2. The molecule has 1 atom stereocenters. The van der Waals surface area contributed by atoms with Crippen LogP contribution in [0.3, 0.4) is 0 Å². The summed E-state index contributed by atoms with van der Waals surface area (Å²) in [6.45, 7) is 0.150. The van der Waals surface area contributed by atoms with Gasteiger partial charge in [-0.15, -0.1) is 0 Å². The number of benzene rings is 1. The molecule has 1 fully saturated rings. The lowest BCUT2D eigenvalue weighted by Gasteiger charge is -2.16. The van der Waals surface area contributed by atoms with Crippen LogP contribution in [0.2, 0.25) is 0 Å². The molecule has 2 rings (SSSR count). The summed E-state index contributed by atoms with van der Waals surface area (Å²) in [5.74, 6) is -0.266. The number of nitrogens with one attached hydrogen (secondary N) is 1. The zero-order chi connectivity index (χ0) is 17.4. The summed E-state index contributed by atoms with van der Waals surface area (Å²) in [7, 11) is 1.57. The van der Waals surface area contributed by atoms with E-state index in [0.717, 1.165) is 12.0 Å². The van der Waals surface area contributed by atoms with Gasteiger partial charge in [-0.2, -0.15) is 0 Å². The molecule has 0 aliphatic heterocycles. The van der Waals surface area contributed by atoms with Crippen LogP contribution in [-0.4, -0.2) is 30.6 Å². The molecule has 1 aromatic carbocycles. The van der Waals surface area contributed by atoms with Crippen molar-refractivity contribution in [2.75, 3.05) is 13.7 Å². The monoisotopic (exact) mass is 333 g/mol. The topological polar surface area (TPSA) is 75.6 Å². The third-order valence-corrected chi connectivity index (χ3v) is 4.81. The quantitative estimate of drug-likeness (QED) is 0.728. The fourth-order valence-corrected chi connectivity index (χ4v) is 3.34. The first kappa shape index (κ1) is 18.3. The number of ether oxygens (including phenoxy) is 1. The number of carboxylic acid groups (broad SMARTS) is 1. The molecule has 1 aliphatic rings. The Bertz CT molecular complexity index is 552. The van der Waals surface area contributed by atoms with Gasteiger partial charge in [-0.25, -0.2) is 0 Å². The zero-order valence-electron chi connectivity index (χ0n) is 14.3. The van der Waals surface area contributed by atoms with Crippen molar-refractivity contribution in [3.8, 4) is 5.75 Å². The van der Waals surface area contributed by atoms with E-state index in [4.69, 9.17) is 4.74 Å². The maximum atomic E-state index is 12.0. The van der Waals surface area contributed by atoms with Crippen LogP contribution < -0.4 is 10.1 Å². The van der Waals surface area contributed by atoms with Crippen LogP contribution in [0.15, 0.2) is 24.3 Å². The Morgan fingerprint density at radius 1 is 1.29 bits per heavy atom. The first-order valence-corrected chi connectivity index (χ1v) is 8.71. The van der Waals surface area contributed by atoms with Crippen molar-refractivity contribution in [3.63, 3.8) is 0 Å². The van der Waals surface area contributed by atoms with Gasteiger partial charge in [0.05, 0.1) is 13.0 Å². The standard InChI is InChI=1S/C19H27NO4/c1-24-17-9-5-4-8-15(17)12-16(19(22)23)13-20-18(21)11-10-14-6-2-3-7-14/h4-5,8-9,14,16H,2-3,6-7,10-13H2,1H3,(H,20,21)(H,22,23). The minimum Gasteiger partial charge on any atom is -0.496 e. The first-order chi connectivity index (χ1) is 11.6. The minimum atomic E-state index is -0.906. The van der Waals surface area contributed by atoms with Gasteiger partial charge in [0, 0.05) is 13.0 Å². The second kappa shape index (κ2) is 9.30. The molecule has 0 bridgehead atoms. The molecule has 1 saturated carbocycles. The van der Waals surface area contributed by atoms with Crippen molar-refractivity contribution in [2.24, 2.45) is 11.8 Å². The second-order valence-electron chi connectivity index (χ2n) is 6.54. The number of rotatable bonds is 9. The highest BCUT2D eigenvalue weighted by molar-refractivity contribution is 5.77. The van der Waals surface area contributed by atoms with Crippen LogP contribution in [0.1, 0.15) is 44.1 Å². The maximum absolute atomic E-state index is 12.0. The summed E-state index contributed by atoms with van der Waals surface area (Å²) in [6, 6.07) is 7.38. The Morgan fingerprint density at radius 2 is 2.00 bits per heavy atom. The molecule has 0 heterocycles. The predicted molar refractivity (Wildman–Crippen MR) is 92.0 cm³/mol. The molecular weight excluding hydrogens is 306 g/mol. The molecule has 1 unspecified atom stereocenters. The SMILES string of the molecule is COc1ccccc1CC(CNC(=O)CCC1CCCC1)C(=O)O. The lowest BCUT2D eigenvalue weighted by Crippen LogP contribution is -2.34. The average molecular weight is 333 g/mol. The van der Waals surface area contributed by atoms with Gasteiger partial charge in [-0.1, -0.05) is 43.9 Å². The molecule has 5 nitrogen and oxygen atoms in total. The van der Waals surface area contributed by atoms with Gasteiger partial charge >= 0.3 is 5.97 Å². The number of amides is 1. The van der Waals surface area contributed by atoms with E-state index in [1.54, 1.807) is 7.11 Å². The summed E-state index contributed by atoms with van der Waals surface area (Å²) < 4.78 is 5.27. The van der Waals surface area contributed by atoms with Gasteiger partial charge < -0.3 is 15.2 Å². The van der Waals surface area contributed by atoms with Crippen LogP contribution in [0.4, 0.5) is 0 Å². The van der Waals surface area contributed by atoms with Crippen LogP contribution >= 0.6 is 0 Å². The van der Waals surface area contributed by atoms with Crippen molar-refractivity contribution < 1.29 is 19.4 Å². The van der Waals surface area contributed by atoms with E-state index in [2.05, 4.69) is 5.32 Å². The van der Waals surface area contributed by atoms with Crippen LogP contribution in [0.5, 0.6) is 5.75 Å². The van der Waals surface area contributed by atoms with Crippen molar-refractivity contribution >= 4 is 11.9 Å². The van der Waals surface area contributed by atoms with Gasteiger partial charge in [0.1, 0.15) is 5.75 Å². The van der Waals surface area contributed by atoms with Crippen molar-refractivity contribution in [2.45, 2.75) is 44.9 Å². The molecule has 0 aromatic heterocycles. The van der Waals surface area contributed by atoms with E-state index >= 15 is 0 Å². The van der Waals surface area contributed by atoms with E-state index in [9.17, 15) is 14.7 Å². The van der Waals surface area contributed by atoms with Crippen LogP contribution in [0.25, 0.3) is 0 Å². The Balaban J connectivity index is 1.82. The van der Waals surface area contributed by atoms with Crippen LogP contribution in [-0.2, 0) is 16.0 Å². The normalized spacial score (nSPS) is 15.9. The number of aliphatic carboxylic acids is 1. The Morgan fingerprint density at radius 3 is 2.67 bits per heavy atom. The molecule has 24 heavy (non-hydrogen) atoms. The third-order valence-electron chi connectivity index (χ3n) is 4.81. The van der Waals surface area contributed by atoms with Gasteiger partial charge in [0.15, 0.2) is 0 Å². The molecule has 0 spiro atoms. The third kappa shape index (κ3) is 5.55. The number of carbonyl (C=O) groups is 2. The highest BCUT2D eigenvalue weighted by Crippen LogP contribution is 2.28. The molecule has 132 valence electrons. The highest BCUT2D eigenvalue weighted by Gasteiger charge is 2.21. The predicted octanol–water partition coefficient (Wildman–Crippen LogP) is 3.03. The number of hydrogen-bond acceptors (Lipinski definition) is 3. The first-order valence-electron chi connectivity index (χ1n) is 8.71. The minimum absolute atomic E-state index is 0.0480. The lowest BCUT2D eigenvalue weighted by atomic mass is 9.98. The fraction of sp³-hybridized carbons (Fsp3) is 0.579. The Kier molecular flexibility index (Phi) is 7.09. The van der Waals surface area contributed by atoms with E-state index in [0.29, 0.717) is 24.5 Å². The van der Waals surface area contributed by atoms with E-state index < -0.39 is 11.9 Å². The number of methoxy groups -OCH3 is 1. The van der Waals surface area contributed by atoms with E-state index in [-0.39, 0.29) is 12.5 Å². The molecule has 1 aliphatic carbocycles. The smallest absolute Gasteiger partial charge is 0.308 e. The van der Waals surface area contributed by atoms with Crippen LogP contribution in [0, 0.1) is 11.8 Å². The molecule has 0 saturated heterocycles. The molecule has 2 N–H and O–H groups in total. The summed E-state index contributed by atoms with van der Waals surface area (Å²) >= 11 is 0.